The highest BCUT2D eigenvalue weighted by atomic mass is 19.3. The van der Waals surface area contributed by atoms with Gasteiger partial charge in [-0.05, 0) is 38.7 Å². The summed E-state index contributed by atoms with van der Waals surface area (Å²) in [6, 6.07) is 7.05. The molecule has 0 bridgehead atoms. The van der Waals surface area contributed by atoms with Gasteiger partial charge in [-0.15, -0.1) is 0 Å². The van der Waals surface area contributed by atoms with E-state index in [0.29, 0.717) is 6.42 Å². The number of piperidine rings is 1. The number of carboxylic acids is 1. The predicted octanol–water partition coefficient (Wildman–Crippen LogP) is 4.03. The van der Waals surface area contributed by atoms with Gasteiger partial charge in [0.2, 0.25) is 6.10 Å². The van der Waals surface area contributed by atoms with Crippen molar-refractivity contribution in [2.75, 3.05) is 13.1 Å². The van der Waals surface area contributed by atoms with Crippen LogP contribution < -0.4 is 0 Å². The highest BCUT2D eigenvalue weighted by Gasteiger charge is 2.51. The van der Waals surface area contributed by atoms with Gasteiger partial charge in [-0.1, -0.05) is 37.3 Å². The lowest BCUT2D eigenvalue weighted by atomic mass is 9.96. The van der Waals surface area contributed by atoms with Crippen LogP contribution in [0.25, 0.3) is 0 Å². The minimum absolute atomic E-state index is 0.110. The van der Waals surface area contributed by atoms with Gasteiger partial charge in [-0.25, -0.2) is 9.59 Å². The van der Waals surface area contributed by atoms with E-state index in [2.05, 4.69) is 0 Å². The Kier molecular flexibility index (Phi) is 7.39. The summed E-state index contributed by atoms with van der Waals surface area (Å²) >= 11 is 0. The minimum Gasteiger partial charge on any atom is -0.477 e. The Labute approximate surface area is 173 Å². The number of halogens is 2. The largest absolute Gasteiger partial charge is 0.477 e. The van der Waals surface area contributed by atoms with Crippen LogP contribution in [-0.2, 0) is 19.1 Å². The van der Waals surface area contributed by atoms with Gasteiger partial charge >= 0.3 is 24.0 Å². The number of esters is 1. The zero-order chi connectivity index (χ0) is 22.5. The van der Waals surface area contributed by atoms with Crippen molar-refractivity contribution in [3.63, 3.8) is 0 Å². The summed E-state index contributed by atoms with van der Waals surface area (Å²) in [5.41, 5.74) is -0.723. The topological polar surface area (TPSA) is 93.1 Å². The van der Waals surface area contributed by atoms with Crippen LogP contribution in [0, 0.1) is 5.92 Å². The lowest BCUT2D eigenvalue weighted by Crippen LogP contribution is -2.44. The lowest BCUT2D eigenvalue weighted by molar-refractivity contribution is -0.197. The maximum Gasteiger partial charge on any atom is 0.410 e. The number of alkyl halides is 2. The molecule has 1 aromatic carbocycles. The summed E-state index contributed by atoms with van der Waals surface area (Å²) in [7, 11) is 0. The molecule has 0 spiro atoms. The zero-order valence-electron chi connectivity index (χ0n) is 17.3. The number of hydrogen-bond acceptors (Lipinski definition) is 5. The van der Waals surface area contributed by atoms with Crippen LogP contribution in [0.15, 0.2) is 30.3 Å². The van der Waals surface area contributed by atoms with Gasteiger partial charge in [-0.3, -0.25) is 4.79 Å². The third kappa shape index (κ3) is 5.67. The third-order valence-electron chi connectivity index (χ3n) is 5.25. The summed E-state index contributed by atoms with van der Waals surface area (Å²) in [4.78, 5) is 37.3. The number of ether oxygens (including phenoxy) is 2. The molecule has 1 aliphatic rings. The number of benzene rings is 1. The van der Waals surface area contributed by atoms with Gasteiger partial charge in [0.1, 0.15) is 5.60 Å². The SMILES string of the molecule is CCC(C)(C)OC(=O)N1CCC(C(=O)OC(c2ccccc2)C(F)(F)C(=O)O)CC1. The monoisotopic (exact) mass is 427 g/mol. The minimum atomic E-state index is -4.28. The summed E-state index contributed by atoms with van der Waals surface area (Å²) in [5, 5.41) is 8.91. The smallest absolute Gasteiger partial charge is 0.410 e. The number of amides is 1. The molecule has 0 radical (unpaired) electrons. The van der Waals surface area contributed by atoms with Gasteiger partial charge in [0.15, 0.2) is 0 Å². The molecule has 0 saturated carbocycles. The highest BCUT2D eigenvalue weighted by Crippen LogP contribution is 2.36. The molecule has 1 N–H and O–H groups in total. The van der Waals surface area contributed by atoms with E-state index in [9.17, 15) is 23.2 Å². The zero-order valence-corrected chi connectivity index (χ0v) is 17.3. The molecule has 30 heavy (non-hydrogen) atoms. The lowest BCUT2D eigenvalue weighted by Gasteiger charge is -2.34. The quantitative estimate of drug-likeness (QED) is 0.661. The van der Waals surface area contributed by atoms with E-state index in [-0.39, 0.29) is 31.5 Å². The normalized spacial score (nSPS) is 16.6. The number of hydrogen-bond donors (Lipinski definition) is 1. The Morgan fingerprint density at radius 1 is 1.17 bits per heavy atom. The Balaban J connectivity index is 2.03. The molecule has 9 heteroatoms. The van der Waals surface area contributed by atoms with Crippen LogP contribution in [0.4, 0.5) is 13.6 Å². The number of rotatable bonds is 7. The first-order valence-electron chi connectivity index (χ1n) is 9.82. The molecule has 1 aromatic rings. The Morgan fingerprint density at radius 2 is 1.73 bits per heavy atom. The maximum absolute atomic E-state index is 14.2. The number of carboxylic acid groups (broad SMARTS) is 1. The number of aliphatic carboxylic acids is 1. The molecule has 166 valence electrons. The number of nitrogens with zero attached hydrogens (tertiary/aromatic N) is 1. The average Bonchev–Trinajstić information content (AvgIpc) is 2.72. The first-order chi connectivity index (χ1) is 14.0. The Morgan fingerprint density at radius 3 is 2.23 bits per heavy atom. The van der Waals surface area contributed by atoms with Crippen LogP contribution in [0.5, 0.6) is 0 Å². The molecule has 1 heterocycles. The van der Waals surface area contributed by atoms with E-state index in [1.807, 2.05) is 6.92 Å². The van der Waals surface area contributed by atoms with E-state index in [4.69, 9.17) is 14.6 Å². The molecule has 1 atom stereocenters. The number of carbonyl (C=O) groups is 3. The first kappa shape index (κ1) is 23.6. The van der Waals surface area contributed by atoms with Crippen molar-refractivity contribution in [1.29, 1.82) is 0 Å². The Hall–Kier alpha value is -2.71. The van der Waals surface area contributed by atoms with Crippen molar-refractivity contribution >= 4 is 18.0 Å². The van der Waals surface area contributed by atoms with Gasteiger partial charge < -0.3 is 19.5 Å². The molecule has 1 unspecified atom stereocenters. The fourth-order valence-corrected chi connectivity index (χ4v) is 2.97. The summed E-state index contributed by atoms with van der Waals surface area (Å²) in [6.07, 6.45) is -1.67. The summed E-state index contributed by atoms with van der Waals surface area (Å²) in [6.45, 7) is 5.90. The van der Waals surface area contributed by atoms with Crippen LogP contribution in [0.2, 0.25) is 0 Å². The third-order valence-corrected chi connectivity index (χ3v) is 5.25. The van der Waals surface area contributed by atoms with E-state index in [1.54, 1.807) is 19.9 Å². The molecule has 0 aliphatic carbocycles. The Bertz CT molecular complexity index is 760. The fourth-order valence-electron chi connectivity index (χ4n) is 2.97. The molecule has 7 nitrogen and oxygen atoms in total. The molecule has 1 amide bonds. The second-order valence-electron chi connectivity index (χ2n) is 7.90. The second-order valence-corrected chi connectivity index (χ2v) is 7.90. The van der Waals surface area contributed by atoms with Crippen molar-refractivity contribution in [3.8, 4) is 0 Å². The number of likely N-dealkylation sites (tertiary alicyclic amines) is 1. The van der Waals surface area contributed by atoms with Crippen LogP contribution in [0.3, 0.4) is 0 Å². The number of carbonyl (C=O) groups excluding carboxylic acids is 2. The molecule has 1 fully saturated rings. The van der Waals surface area contributed by atoms with Crippen LogP contribution in [-0.4, -0.2) is 52.7 Å². The maximum atomic E-state index is 14.2. The molecular formula is C21H27F2NO6. The van der Waals surface area contributed by atoms with E-state index in [1.165, 1.54) is 29.2 Å². The van der Waals surface area contributed by atoms with E-state index in [0.717, 1.165) is 0 Å². The van der Waals surface area contributed by atoms with Crippen molar-refractivity contribution < 1.29 is 37.7 Å². The highest BCUT2D eigenvalue weighted by molar-refractivity contribution is 5.78. The standard InChI is InChI=1S/C21H27F2NO6/c1-4-20(2,3)30-19(28)24-12-10-15(11-13-24)17(25)29-16(21(22,23)18(26)27)14-8-6-5-7-9-14/h5-9,15-16H,4,10-13H2,1-3H3,(H,26,27). The summed E-state index contributed by atoms with van der Waals surface area (Å²) in [5.74, 6) is -8.29. The molecular weight excluding hydrogens is 400 g/mol. The molecule has 1 aliphatic heterocycles. The van der Waals surface area contributed by atoms with Crippen molar-refractivity contribution in [3.05, 3.63) is 35.9 Å². The van der Waals surface area contributed by atoms with Gasteiger partial charge in [-0.2, -0.15) is 8.78 Å². The molecule has 2 rings (SSSR count). The van der Waals surface area contributed by atoms with Crippen molar-refractivity contribution in [1.82, 2.24) is 4.90 Å². The fraction of sp³-hybridized carbons (Fsp3) is 0.571. The van der Waals surface area contributed by atoms with Gasteiger partial charge in [0, 0.05) is 13.1 Å². The van der Waals surface area contributed by atoms with Crippen molar-refractivity contribution in [2.45, 2.75) is 57.7 Å². The molecule has 0 aromatic heterocycles. The first-order valence-corrected chi connectivity index (χ1v) is 9.82. The van der Waals surface area contributed by atoms with Crippen LogP contribution >= 0.6 is 0 Å². The van der Waals surface area contributed by atoms with Crippen molar-refractivity contribution in [2.24, 2.45) is 5.92 Å². The van der Waals surface area contributed by atoms with Crippen LogP contribution in [0.1, 0.15) is 51.7 Å². The predicted molar refractivity (Wildman–Crippen MR) is 103 cm³/mol. The van der Waals surface area contributed by atoms with E-state index >= 15 is 0 Å². The average molecular weight is 427 g/mol. The summed E-state index contributed by atoms with van der Waals surface area (Å²) < 4.78 is 38.9. The van der Waals surface area contributed by atoms with Gasteiger partial charge in [0.25, 0.3) is 0 Å². The second kappa shape index (κ2) is 9.40. The van der Waals surface area contributed by atoms with Gasteiger partial charge in [0.05, 0.1) is 5.92 Å². The van der Waals surface area contributed by atoms with E-state index < -0.39 is 41.6 Å². The molecule has 1 saturated heterocycles.